The van der Waals surface area contributed by atoms with Gasteiger partial charge >= 0.3 is 0 Å². The predicted molar refractivity (Wildman–Crippen MR) is 79.7 cm³/mol. The van der Waals surface area contributed by atoms with Crippen LogP contribution in [0.1, 0.15) is 31.7 Å². The van der Waals surface area contributed by atoms with Crippen LogP contribution in [0, 0.1) is 0 Å². The Kier molecular flexibility index (Phi) is 7.50. The van der Waals surface area contributed by atoms with Crippen LogP contribution in [-0.4, -0.2) is 30.8 Å². The number of amides is 1. The quantitative estimate of drug-likeness (QED) is 0.472. The second kappa shape index (κ2) is 9.20. The largest absolute Gasteiger partial charge is 0.491 e. The molecule has 0 unspecified atom stereocenters. The molecule has 0 fully saturated rings. The third-order valence-electron chi connectivity index (χ3n) is 2.83. The van der Waals surface area contributed by atoms with Crippen LogP contribution < -0.4 is 15.8 Å². The summed E-state index contributed by atoms with van der Waals surface area (Å²) in [5.74, 6) is 0.686. The van der Waals surface area contributed by atoms with Crippen molar-refractivity contribution in [2.45, 2.75) is 32.6 Å². The van der Waals surface area contributed by atoms with E-state index in [1.165, 1.54) is 0 Å². The van der Waals surface area contributed by atoms with Gasteiger partial charge in [0, 0.05) is 19.6 Å². The molecule has 4 N–H and O–H groups in total. The zero-order valence-corrected chi connectivity index (χ0v) is 12.0. The van der Waals surface area contributed by atoms with E-state index in [1.807, 2.05) is 25.1 Å². The zero-order chi connectivity index (χ0) is 14.8. The van der Waals surface area contributed by atoms with Crippen LogP contribution in [0.4, 0.5) is 5.69 Å². The molecule has 1 aromatic rings. The topological polar surface area (TPSA) is 84.6 Å². The lowest BCUT2D eigenvalue weighted by atomic mass is 10.1. The molecule has 1 aromatic carbocycles. The molecule has 1 amide bonds. The highest BCUT2D eigenvalue weighted by Gasteiger charge is 2.05. The molecule has 0 spiro atoms. The average molecular weight is 280 g/mol. The van der Waals surface area contributed by atoms with Gasteiger partial charge < -0.3 is 20.9 Å². The summed E-state index contributed by atoms with van der Waals surface area (Å²) in [4.78, 5) is 11.5. The lowest BCUT2D eigenvalue weighted by Gasteiger charge is -2.10. The Hall–Kier alpha value is -1.75. The third-order valence-corrected chi connectivity index (χ3v) is 2.83. The maximum absolute atomic E-state index is 11.5. The lowest BCUT2D eigenvalue weighted by molar-refractivity contribution is -0.121. The molecule has 0 aliphatic heterocycles. The van der Waals surface area contributed by atoms with Gasteiger partial charge in [-0.15, -0.1) is 0 Å². The molecule has 0 bridgehead atoms. The number of carbonyl (C=O) groups excluding carboxylic acids is 1. The van der Waals surface area contributed by atoms with Crippen LogP contribution in [0.3, 0.4) is 0 Å². The van der Waals surface area contributed by atoms with Gasteiger partial charge in [-0.1, -0.05) is 13.0 Å². The maximum Gasteiger partial charge on any atom is 0.220 e. The van der Waals surface area contributed by atoms with E-state index in [1.54, 1.807) is 0 Å². The van der Waals surface area contributed by atoms with E-state index >= 15 is 0 Å². The number of aryl methyl sites for hydroxylation is 1. The Bertz CT molecular complexity index is 422. The van der Waals surface area contributed by atoms with E-state index in [0.717, 1.165) is 12.0 Å². The summed E-state index contributed by atoms with van der Waals surface area (Å²) in [7, 11) is 0. The van der Waals surface area contributed by atoms with Crippen molar-refractivity contribution in [3.05, 3.63) is 23.8 Å². The van der Waals surface area contributed by atoms with Crippen molar-refractivity contribution in [1.29, 1.82) is 0 Å². The monoisotopic (exact) mass is 280 g/mol. The molecule has 0 atom stereocenters. The van der Waals surface area contributed by atoms with Crippen molar-refractivity contribution in [2.75, 3.05) is 25.5 Å². The summed E-state index contributed by atoms with van der Waals surface area (Å²) in [6.07, 6.45) is 2.58. The number of hydrogen-bond donors (Lipinski definition) is 3. The Morgan fingerprint density at radius 3 is 2.90 bits per heavy atom. The first-order valence-electron chi connectivity index (χ1n) is 7.06. The van der Waals surface area contributed by atoms with E-state index in [0.29, 0.717) is 43.9 Å². The van der Waals surface area contributed by atoms with Crippen molar-refractivity contribution >= 4 is 11.6 Å². The average Bonchev–Trinajstić information content (AvgIpc) is 2.44. The molecule has 5 nitrogen and oxygen atoms in total. The van der Waals surface area contributed by atoms with Crippen LogP contribution in [-0.2, 0) is 11.2 Å². The molecule has 5 heteroatoms. The number of aliphatic hydroxyl groups excluding tert-OH is 1. The van der Waals surface area contributed by atoms with Gasteiger partial charge in [-0.2, -0.15) is 0 Å². The minimum Gasteiger partial charge on any atom is -0.491 e. The predicted octanol–water partition coefficient (Wildman–Crippen LogP) is 1.49. The van der Waals surface area contributed by atoms with Gasteiger partial charge in [0.15, 0.2) is 0 Å². The fraction of sp³-hybridized carbons (Fsp3) is 0.533. The smallest absolute Gasteiger partial charge is 0.220 e. The lowest BCUT2D eigenvalue weighted by Crippen LogP contribution is -2.25. The van der Waals surface area contributed by atoms with Crippen molar-refractivity contribution in [3.8, 4) is 5.75 Å². The Morgan fingerprint density at radius 1 is 1.45 bits per heavy atom. The number of ether oxygens (including phenoxy) is 1. The standard InChI is InChI=1S/C15H24N2O3/c1-2-10-20-14-6-4-12(11-13(14)16)5-7-15(19)17-8-3-9-18/h4,6,11,18H,2-3,5,7-10,16H2,1H3,(H,17,19). The first-order valence-corrected chi connectivity index (χ1v) is 7.06. The molecular weight excluding hydrogens is 256 g/mol. The van der Waals surface area contributed by atoms with Crippen molar-refractivity contribution in [2.24, 2.45) is 0 Å². The summed E-state index contributed by atoms with van der Waals surface area (Å²) >= 11 is 0. The number of hydrogen-bond acceptors (Lipinski definition) is 4. The van der Waals surface area contributed by atoms with Crippen molar-refractivity contribution in [1.82, 2.24) is 5.32 Å². The normalized spacial score (nSPS) is 10.3. The molecular formula is C15H24N2O3. The molecule has 0 heterocycles. The first kappa shape index (κ1) is 16.3. The van der Waals surface area contributed by atoms with Crippen molar-refractivity contribution in [3.63, 3.8) is 0 Å². The van der Waals surface area contributed by atoms with Gasteiger partial charge in [0.2, 0.25) is 5.91 Å². The molecule has 0 aromatic heterocycles. The van der Waals surface area contributed by atoms with Gasteiger partial charge in [-0.25, -0.2) is 0 Å². The number of anilines is 1. The van der Waals surface area contributed by atoms with E-state index in [-0.39, 0.29) is 12.5 Å². The summed E-state index contributed by atoms with van der Waals surface area (Å²) in [6.45, 7) is 3.30. The van der Waals surface area contributed by atoms with Crippen molar-refractivity contribution < 1.29 is 14.6 Å². The minimum atomic E-state index is -0.0108. The highest BCUT2D eigenvalue weighted by atomic mass is 16.5. The summed E-state index contributed by atoms with van der Waals surface area (Å²) < 4.78 is 5.50. The Balaban J connectivity index is 2.40. The van der Waals surface area contributed by atoms with Gasteiger partial charge in [0.1, 0.15) is 5.75 Å². The molecule has 0 saturated heterocycles. The number of nitrogens with two attached hydrogens (primary N) is 1. The SMILES string of the molecule is CCCOc1ccc(CCC(=O)NCCCO)cc1N. The van der Waals surface area contributed by atoms with Crippen LogP contribution in [0.15, 0.2) is 18.2 Å². The van der Waals surface area contributed by atoms with Crippen LogP contribution in [0.2, 0.25) is 0 Å². The minimum absolute atomic E-state index is 0.0108. The maximum atomic E-state index is 11.5. The number of nitrogens with one attached hydrogen (secondary N) is 1. The molecule has 112 valence electrons. The van der Waals surface area contributed by atoms with E-state index in [4.69, 9.17) is 15.6 Å². The van der Waals surface area contributed by atoms with Gasteiger partial charge in [0.05, 0.1) is 12.3 Å². The van der Waals surface area contributed by atoms with Crippen LogP contribution >= 0.6 is 0 Å². The summed E-state index contributed by atoms with van der Waals surface area (Å²) in [5.41, 5.74) is 7.54. The van der Waals surface area contributed by atoms with E-state index in [2.05, 4.69) is 5.32 Å². The molecule has 20 heavy (non-hydrogen) atoms. The van der Waals surface area contributed by atoms with E-state index < -0.39 is 0 Å². The number of carbonyl (C=O) groups is 1. The number of aliphatic hydroxyl groups is 1. The summed E-state index contributed by atoms with van der Waals surface area (Å²) in [6, 6.07) is 5.64. The van der Waals surface area contributed by atoms with Gasteiger partial charge in [-0.3, -0.25) is 4.79 Å². The molecule has 0 radical (unpaired) electrons. The van der Waals surface area contributed by atoms with Crippen LogP contribution in [0.25, 0.3) is 0 Å². The highest BCUT2D eigenvalue weighted by molar-refractivity contribution is 5.76. The van der Waals surface area contributed by atoms with E-state index in [9.17, 15) is 4.79 Å². The fourth-order valence-corrected chi connectivity index (χ4v) is 1.75. The Labute approximate surface area is 120 Å². The fourth-order valence-electron chi connectivity index (χ4n) is 1.75. The zero-order valence-electron chi connectivity index (χ0n) is 12.0. The molecule has 0 aliphatic rings. The van der Waals surface area contributed by atoms with Gasteiger partial charge in [-0.05, 0) is 37.0 Å². The number of nitrogen functional groups attached to an aromatic ring is 1. The summed E-state index contributed by atoms with van der Waals surface area (Å²) in [5, 5.41) is 11.4. The number of rotatable bonds is 9. The Morgan fingerprint density at radius 2 is 2.25 bits per heavy atom. The second-order valence-corrected chi connectivity index (χ2v) is 4.65. The molecule has 0 aliphatic carbocycles. The second-order valence-electron chi connectivity index (χ2n) is 4.65. The third kappa shape index (κ3) is 5.93. The first-order chi connectivity index (χ1) is 9.67. The molecule has 0 saturated carbocycles. The molecule has 1 rings (SSSR count). The highest BCUT2D eigenvalue weighted by Crippen LogP contribution is 2.23. The van der Waals surface area contributed by atoms with Gasteiger partial charge in [0.25, 0.3) is 0 Å². The number of benzene rings is 1. The van der Waals surface area contributed by atoms with Crippen LogP contribution in [0.5, 0.6) is 5.75 Å².